The van der Waals surface area contributed by atoms with Crippen LogP contribution in [0, 0.1) is 5.41 Å². The summed E-state index contributed by atoms with van der Waals surface area (Å²) in [6.07, 6.45) is 0. The van der Waals surface area contributed by atoms with Gasteiger partial charge >= 0.3 is 0 Å². The Kier molecular flexibility index (Phi) is 4.11. The van der Waals surface area contributed by atoms with E-state index in [1.54, 1.807) is 30.3 Å². The van der Waals surface area contributed by atoms with Crippen LogP contribution in [0.5, 0.6) is 0 Å². The summed E-state index contributed by atoms with van der Waals surface area (Å²) in [7, 11) is 0. The number of nitrogens with one attached hydrogen (secondary N) is 1. The van der Waals surface area contributed by atoms with Gasteiger partial charge in [0, 0.05) is 9.92 Å². The van der Waals surface area contributed by atoms with Crippen molar-refractivity contribution in [2.24, 2.45) is 5.73 Å². The van der Waals surface area contributed by atoms with Crippen molar-refractivity contribution >= 4 is 40.8 Å². The van der Waals surface area contributed by atoms with Crippen molar-refractivity contribution in [3.63, 3.8) is 0 Å². The molecule has 0 saturated heterocycles. The van der Waals surface area contributed by atoms with Crippen molar-refractivity contribution < 1.29 is 0 Å². The van der Waals surface area contributed by atoms with Crippen LogP contribution in [0.25, 0.3) is 0 Å². The highest BCUT2D eigenvalue weighted by atomic mass is 35.5. The van der Waals surface area contributed by atoms with Crippen LogP contribution < -0.4 is 5.73 Å². The molecule has 0 radical (unpaired) electrons. The highest BCUT2D eigenvalue weighted by Gasteiger charge is 2.06. The second-order valence-electron chi connectivity index (χ2n) is 3.45. The first-order valence-corrected chi connectivity index (χ1v) is 6.58. The smallest absolute Gasteiger partial charge is 0.141 e. The summed E-state index contributed by atoms with van der Waals surface area (Å²) >= 11 is 13.4. The number of aromatic nitrogens is 1. The first-order valence-electron chi connectivity index (χ1n) is 5.00. The second kappa shape index (κ2) is 5.61. The van der Waals surface area contributed by atoms with E-state index in [0.717, 1.165) is 4.90 Å². The van der Waals surface area contributed by atoms with Gasteiger partial charge in [-0.15, -0.1) is 0 Å². The summed E-state index contributed by atoms with van der Waals surface area (Å²) in [4.78, 5) is 5.07. The zero-order valence-corrected chi connectivity index (χ0v) is 11.5. The van der Waals surface area contributed by atoms with Crippen molar-refractivity contribution in [2.45, 2.75) is 9.92 Å². The minimum atomic E-state index is -0.0605. The lowest BCUT2D eigenvalue weighted by Gasteiger charge is -2.05. The number of halogens is 2. The molecule has 6 heteroatoms. The SMILES string of the molecule is N=C(N)c1cccc(Sc2cc(Cl)ccc2Cl)n1. The molecule has 0 unspecified atom stereocenters. The third kappa shape index (κ3) is 3.16. The van der Waals surface area contributed by atoms with Crippen LogP contribution in [-0.4, -0.2) is 10.8 Å². The van der Waals surface area contributed by atoms with Crippen LogP contribution in [0.1, 0.15) is 5.69 Å². The zero-order valence-electron chi connectivity index (χ0n) is 9.15. The maximum atomic E-state index is 7.35. The van der Waals surface area contributed by atoms with Crippen LogP contribution in [0.2, 0.25) is 10.0 Å². The van der Waals surface area contributed by atoms with E-state index < -0.39 is 0 Å². The van der Waals surface area contributed by atoms with Gasteiger partial charge in [-0.05, 0) is 30.3 Å². The van der Waals surface area contributed by atoms with E-state index in [2.05, 4.69) is 4.98 Å². The highest BCUT2D eigenvalue weighted by molar-refractivity contribution is 7.99. The molecular formula is C12H9Cl2N3S. The molecule has 0 aliphatic carbocycles. The molecule has 18 heavy (non-hydrogen) atoms. The molecule has 0 amide bonds. The van der Waals surface area contributed by atoms with Gasteiger partial charge in [-0.1, -0.05) is 41.0 Å². The average molecular weight is 298 g/mol. The molecule has 0 spiro atoms. The summed E-state index contributed by atoms with van der Waals surface area (Å²) in [5, 5.41) is 9.29. The minimum Gasteiger partial charge on any atom is -0.382 e. The Bertz CT molecular complexity index is 602. The topological polar surface area (TPSA) is 62.8 Å². The summed E-state index contributed by atoms with van der Waals surface area (Å²) in [6, 6.07) is 10.6. The van der Waals surface area contributed by atoms with Crippen LogP contribution in [-0.2, 0) is 0 Å². The lowest BCUT2D eigenvalue weighted by atomic mass is 10.3. The molecule has 0 saturated carbocycles. The normalized spacial score (nSPS) is 10.3. The Morgan fingerprint density at radius 3 is 2.72 bits per heavy atom. The lowest BCUT2D eigenvalue weighted by Crippen LogP contribution is -2.12. The molecule has 2 aromatic rings. The molecule has 1 aromatic heterocycles. The van der Waals surface area contributed by atoms with Gasteiger partial charge in [0.2, 0.25) is 0 Å². The zero-order chi connectivity index (χ0) is 13.1. The Morgan fingerprint density at radius 2 is 2.00 bits per heavy atom. The van der Waals surface area contributed by atoms with Gasteiger partial charge < -0.3 is 5.73 Å². The molecule has 0 atom stereocenters. The van der Waals surface area contributed by atoms with Gasteiger partial charge in [0.1, 0.15) is 16.6 Å². The van der Waals surface area contributed by atoms with Crippen molar-refractivity contribution in [3.8, 4) is 0 Å². The fourth-order valence-corrected chi connectivity index (χ4v) is 2.63. The molecular weight excluding hydrogens is 289 g/mol. The van der Waals surface area contributed by atoms with Gasteiger partial charge in [0.15, 0.2) is 0 Å². The Hall–Kier alpha value is -1.23. The number of amidine groups is 1. The molecule has 3 nitrogen and oxygen atoms in total. The van der Waals surface area contributed by atoms with E-state index in [-0.39, 0.29) is 5.84 Å². The van der Waals surface area contributed by atoms with Gasteiger partial charge in [0.05, 0.1) is 5.02 Å². The molecule has 0 aliphatic heterocycles. The minimum absolute atomic E-state index is 0.0605. The molecule has 2 rings (SSSR count). The molecule has 0 bridgehead atoms. The first-order chi connectivity index (χ1) is 8.56. The number of benzene rings is 1. The molecule has 0 aliphatic rings. The fraction of sp³-hybridized carbons (Fsp3) is 0. The standard InChI is InChI=1S/C12H9Cl2N3S/c13-7-4-5-8(14)10(6-7)18-11-3-1-2-9(17-11)12(15)16/h1-6H,(H3,15,16). The predicted octanol–water partition coefficient (Wildman–Crippen LogP) is 3.82. The quantitative estimate of drug-likeness (QED) is 0.668. The summed E-state index contributed by atoms with van der Waals surface area (Å²) in [6.45, 7) is 0. The first kappa shape index (κ1) is 13.2. The van der Waals surface area contributed by atoms with Crippen LogP contribution in [0.3, 0.4) is 0 Å². The number of nitrogens with zero attached hydrogens (tertiary/aromatic N) is 1. The number of hydrogen-bond donors (Lipinski definition) is 2. The summed E-state index contributed by atoms with van der Waals surface area (Å²) in [5.74, 6) is -0.0605. The molecule has 3 N–H and O–H groups in total. The maximum absolute atomic E-state index is 7.35. The summed E-state index contributed by atoms with van der Waals surface area (Å²) < 4.78 is 0. The number of rotatable bonds is 3. The van der Waals surface area contributed by atoms with E-state index in [1.807, 2.05) is 6.07 Å². The maximum Gasteiger partial charge on any atom is 0.141 e. The van der Waals surface area contributed by atoms with Crippen LogP contribution in [0.15, 0.2) is 46.3 Å². The number of nitrogen functional groups attached to an aromatic ring is 1. The highest BCUT2D eigenvalue weighted by Crippen LogP contribution is 2.34. The van der Waals surface area contributed by atoms with Gasteiger partial charge in [-0.2, -0.15) is 0 Å². The third-order valence-electron chi connectivity index (χ3n) is 2.11. The Labute approximate surface area is 119 Å². The van der Waals surface area contributed by atoms with Crippen LogP contribution in [0.4, 0.5) is 0 Å². The Morgan fingerprint density at radius 1 is 1.22 bits per heavy atom. The van der Waals surface area contributed by atoms with Gasteiger partial charge in [0.25, 0.3) is 0 Å². The third-order valence-corrected chi connectivity index (χ3v) is 3.78. The number of pyridine rings is 1. The van der Waals surface area contributed by atoms with E-state index in [4.69, 9.17) is 34.3 Å². The van der Waals surface area contributed by atoms with E-state index in [9.17, 15) is 0 Å². The van der Waals surface area contributed by atoms with Crippen LogP contribution >= 0.6 is 35.0 Å². The molecule has 92 valence electrons. The van der Waals surface area contributed by atoms with Crippen molar-refractivity contribution in [3.05, 3.63) is 52.1 Å². The summed E-state index contributed by atoms with van der Waals surface area (Å²) in [5.41, 5.74) is 5.84. The largest absolute Gasteiger partial charge is 0.382 e. The van der Waals surface area contributed by atoms with Gasteiger partial charge in [-0.25, -0.2) is 4.98 Å². The van der Waals surface area contributed by atoms with E-state index >= 15 is 0 Å². The Balaban J connectivity index is 2.31. The molecule has 0 fully saturated rings. The fourth-order valence-electron chi connectivity index (χ4n) is 1.29. The molecule has 1 aromatic carbocycles. The second-order valence-corrected chi connectivity index (χ2v) is 5.36. The van der Waals surface area contributed by atoms with Crippen molar-refractivity contribution in [1.82, 2.24) is 4.98 Å². The lowest BCUT2D eigenvalue weighted by molar-refractivity contribution is 1.10. The van der Waals surface area contributed by atoms with Gasteiger partial charge in [-0.3, -0.25) is 5.41 Å². The monoisotopic (exact) mass is 297 g/mol. The average Bonchev–Trinajstić information content (AvgIpc) is 2.34. The van der Waals surface area contributed by atoms with E-state index in [0.29, 0.717) is 20.8 Å². The van der Waals surface area contributed by atoms with E-state index in [1.165, 1.54) is 11.8 Å². The van der Waals surface area contributed by atoms with Crippen molar-refractivity contribution in [1.29, 1.82) is 5.41 Å². The predicted molar refractivity (Wildman–Crippen MR) is 75.8 cm³/mol. The molecule has 1 heterocycles. The van der Waals surface area contributed by atoms with Crippen molar-refractivity contribution in [2.75, 3.05) is 0 Å². The number of nitrogens with two attached hydrogens (primary N) is 1. The number of hydrogen-bond acceptors (Lipinski definition) is 3.